The zero-order valence-corrected chi connectivity index (χ0v) is 18.7. The molecule has 0 amide bonds. The van der Waals surface area contributed by atoms with E-state index >= 15 is 0 Å². The molecule has 3 aromatic rings. The number of sulfonamides is 1. The van der Waals surface area contributed by atoms with Gasteiger partial charge in [-0.1, -0.05) is 50.2 Å². The van der Waals surface area contributed by atoms with Crippen LogP contribution in [-0.4, -0.2) is 25.5 Å². The van der Waals surface area contributed by atoms with E-state index in [1.807, 2.05) is 48.5 Å². The molecule has 0 bridgehead atoms. The lowest BCUT2D eigenvalue weighted by atomic mass is 10.1. The number of aliphatic carboxylic acids is 1. The zero-order chi connectivity index (χ0) is 23.3. The molecule has 3 aromatic carbocycles. The van der Waals surface area contributed by atoms with Crippen LogP contribution in [0, 0.1) is 5.92 Å². The number of nitrogens with one attached hydrogen (secondary N) is 1. The molecule has 0 fully saturated rings. The number of carbonyl (C=O) groups is 1. The molecule has 8 heteroatoms. The Balaban J connectivity index is 1.68. The maximum Gasteiger partial charge on any atom is 0.322 e. The molecular formula is C24H26N2O5S. The number of carboxylic acids is 1. The number of ether oxygens (including phenoxy) is 1. The average molecular weight is 455 g/mol. The Labute approximate surface area is 187 Å². The number of rotatable bonds is 9. The molecule has 0 radical (unpaired) electrons. The van der Waals surface area contributed by atoms with Crippen LogP contribution in [0.2, 0.25) is 0 Å². The smallest absolute Gasteiger partial charge is 0.322 e. The molecule has 0 spiro atoms. The molecule has 1 atom stereocenters. The van der Waals surface area contributed by atoms with Gasteiger partial charge in [-0.3, -0.25) is 4.79 Å². The van der Waals surface area contributed by atoms with Gasteiger partial charge in [0.1, 0.15) is 18.4 Å². The van der Waals surface area contributed by atoms with Crippen molar-refractivity contribution >= 4 is 21.7 Å². The molecule has 0 aliphatic carbocycles. The minimum atomic E-state index is -3.95. The van der Waals surface area contributed by atoms with Crippen molar-refractivity contribution in [3.63, 3.8) is 0 Å². The van der Waals surface area contributed by atoms with Crippen LogP contribution in [0.15, 0.2) is 77.7 Å². The summed E-state index contributed by atoms with van der Waals surface area (Å²) in [5.41, 5.74) is 9.15. The third kappa shape index (κ3) is 5.87. The first-order valence-corrected chi connectivity index (χ1v) is 11.6. The first kappa shape index (κ1) is 23.3. The van der Waals surface area contributed by atoms with Gasteiger partial charge < -0.3 is 15.6 Å². The van der Waals surface area contributed by atoms with Crippen LogP contribution in [0.25, 0.3) is 11.1 Å². The van der Waals surface area contributed by atoms with E-state index in [2.05, 4.69) is 4.72 Å². The summed E-state index contributed by atoms with van der Waals surface area (Å²) in [5, 5.41) is 9.24. The molecule has 7 nitrogen and oxygen atoms in total. The molecule has 32 heavy (non-hydrogen) atoms. The van der Waals surface area contributed by atoms with Crippen molar-refractivity contribution in [2.75, 3.05) is 5.73 Å². The predicted octanol–water partition coefficient (Wildman–Crippen LogP) is 3.90. The molecule has 0 saturated carbocycles. The number of carboxylic acid groups (broad SMARTS) is 1. The number of hydrogen-bond donors (Lipinski definition) is 3. The molecule has 0 aliphatic heterocycles. The van der Waals surface area contributed by atoms with Crippen molar-refractivity contribution < 1.29 is 23.1 Å². The quantitative estimate of drug-likeness (QED) is 0.422. The van der Waals surface area contributed by atoms with E-state index in [0.717, 1.165) is 16.7 Å². The molecule has 4 N–H and O–H groups in total. The van der Waals surface area contributed by atoms with Crippen LogP contribution in [0.1, 0.15) is 19.4 Å². The van der Waals surface area contributed by atoms with Gasteiger partial charge in [-0.25, -0.2) is 8.42 Å². The van der Waals surface area contributed by atoms with Crippen molar-refractivity contribution in [3.05, 3.63) is 78.4 Å². The number of nitrogen functional groups attached to an aromatic ring is 1. The Hall–Kier alpha value is -3.36. The SMILES string of the molecule is CC(C)[C@@H](NS(=O)(=O)c1ccc(-c2ccc(OCc3cccc(N)c3)cc2)cc1)C(=O)O. The minimum absolute atomic E-state index is 0.00948. The molecular weight excluding hydrogens is 428 g/mol. The van der Waals surface area contributed by atoms with Crippen LogP contribution in [0.3, 0.4) is 0 Å². The minimum Gasteiger partial charge on any atom is -0.489 e. The molecule has 0 unspecified atom stereocenters. The topological polar surface area (TPSA) is 119 Å². The highest BCUT2D eigenvalue weighted by Crippen LogP contribution is 2.25. The lowest BCUT2D eigenvalue weighted by molar-refractivity contribution is -0.140. The maximum atomic E-state index is 12.6. The average Bonchev–Trinajstić information content (AvgIpc) is 2.76. The third-order valence-electron chi connectivity index (χ3n) is 4.92. The van der Waals surface area contributed by atoms with E-state index in [-0.39, 0.29) is 10.8 Å². The van der Waals surface area contributed by atoms with Crippen LogP contribution in [0.5, 0.6) is 5.75 Å². The summed E-state index contributed by atoms with van der Waals surface area (Å²) >= 11 is 0. The van der Waals surface area contributed by atoms with Crippen molar-refractivity contribution in [2.24, 2.45) is 5.92 Å². The molecule has 0 aliphatic rings. The third-order valence-corrected chi connectivity index (χ3v) is 6.38. The molecule has 3 rings (SSSR count). The first-order chi connectivity index (χ1) is 15.2. The van der Waals surface area contributed by atoms with Crippen molar-refractivity contribution in [1.82, 2.24) is 4.72 Å². The van der Waals surface area contributed by atoms with Gasteiger partial charge in [0.25, 0.3) is 0 Å². The summed E-state index contributed by atoms with van der Waals surface area (Å²) in [6.07, 6.45) is 0. The van der Waals surface area contributed by atoms with E-state index in [4.69, 9.17) is 10.5 Å². The monoisotopic (exact) mass is 454 g/mol. The molecule has 0 heterocycles. The Morgan fingerprint density at radius 1 is 1.00 bits per heavy atom. The Kier molecular flexibility index (Phi) is 7.17. The normalized spacial score (nSPS) is 12.5. The first-order valence-electron chi connectivity index (χ1n) is 10.1. The van der Waals surface area contributed by atoms with E-state index in [1.54, 1.807) is 26.0 Å². The van der Waals surface area contributed by atoms with Gasteiger partial charge in [-0.15, -0.1) is 0 Å². The van der Waals surface area contributed by atoms with Gasteiger partial charge in [-0.05, 0) is 59.0 Å². The molecule has 0 saturated heterocycles. The number of anilines is 1. The van der Waals surface area contributed by atoms with Gasteiger partial charge in [0, 0.05) is 5.69 Å². The van der Waals surface area contributed by atoms with Crippen LogP contribution < -0.4 is 15.2 Å². The van der Waals surface area contributed by atoms with Crippen LogP contribution >= 0.6 is 0 Å². The summed E-state index contributed by atoms with van der Waals surface area (Å²) in [5.74, 6) is -0.896. The summed E-state index contributed by atoms with van der Waals surface area (Å²) in [6.45, 7) is 3.69. The van der Waals surface area contributed by atoms with Crippen LogP contribution in [-0.2, 0) is 21.4 Å². The second-order valence-corrected chi connectivity index (χ2v) is 9.48. The van der Waals surface area contributed by atoms with Crippen molar-refractivity contribution in [2.45, 2.75) is 31.4 Å². The number of benzene rings is 3. The number of hydrogen-bond acceptors (Lipinski definition) is 5. The van der Waals surface area contributed by atoms with Gasteiger partial charge >= 0.3 is 5.97 Å². The fraction of sp³-hybridized carbons (Fsp3) is 0.208. The lowest BCUT2D eigenvalue weighted by Crippen LogP contribution is -2.44. The maximum absolute atomic E-state index is 12.6. The lowest BCUT2D eigenvalue weighted by Gasteiger charge is -2.18. The van der Waals surface area contributed by atoms with E-state index in [9.17, 15) is 18.3 Å². The van der Waals surface area contributed by atoms with Crippen LogP contribution in [0.4, 0.5) is 5.69 Å². The van der Waals surface area contributed by atoms with E-state index in [0.29, 0.717) is 18.0 Å². The van der Waals surface area contributed by atoms with Gasteiger partial charge in [0.2, 0.25) is 10.0 Å². The van der Waals surface area contributed by atoms with E-state index in [1.165, 1.54) is 12.1 Å². The van der Waals surface area contributed by atoms with Gasteiger partial charge in [0.15, 0.2) is 0 Å². The fourth-order valence-corrected chi connectivity index (χ4v) is 4.46. The highest BCUT2D eigenvalue weighted by Gasteiger charge is 2.27. The van der Waals surface area contributed by atoms with Gasteiger partial charge in [-0.2, -0.15) is 4.72 Å². The molecule has 168 valence electrons. The summed E-state index contributed by atoms with van der Waals surface area (Å²) in [4.78, 5) is 11.3. The second-order valence-electron chi connectivity index (χ2n) is 7.76. The second kappa shape index (κ2) is 9.84. The highest BCUT2D eigenvalue weighted by molar-refractivity contribution is 7.89. The van der Waals surface area contributed by atoms with Gasteiger partial charge in [0.05, 0.1) is 4.90 Å². The summed E-state index contributed by atoms with van der Waals surface area (Å²) in [7, 11) is -3.95. The summed E-state index contributed by atoms with van der Waals surface area (Å²) in [6, 6.07) is 20.0. The Morgan fingerprint density at radius 2 is 1.59 bits per heavy atom. The largest absolute Gasteiger partial charge is 0.489 e. The number of nitrogens with two attached hydrogens (primary N) is 1. The van der Waals surface area contributed by atoms with Crippen molar-refractivity contribution in [3.8, 4) is 16.9 Å². The Bertz CT molecular complexity index is 1170. The highest BCUT2D eigenvalue weighted by atomic mass is 32.2. The standard InChI is InChI=1S/C24H26N2O5S/c1-16(2)23(24(27)28)26-32(29,30)22-12-8-19(9-13-22)18-6-10-21(11-7-18)31-15-17-4-3-5-20(25)14-17/h3-14,16,23,26H,15,25H2,1-2H3,(H,27,28)/t23-/m1/s1. The molecule has 0 aromatic heterocycles. The predicted molar refractivity (Wildman–Crippen MR) is 124 cm³/mol. The van der Waals surface area contributed by atoms with Crippen molar-refractivity contribution in [1.29, 1.82) is 0 Å². The summed E-state index contributed by atoms with van der Waals surface area (Å²) < 4.78 is 33.2. The van der Waals surface area contributed by atoms with E-state index < -0.39 is 22.0 Å². The fourth-order valence-electron chi connectivity index (χ4n) is 3.13. The zero-order valence-electron chi connectivity index (χ0n) is 17.9. The Morgan fingerprint density at radius 3 is 2.12 bits per heavy atom.